The van der Waals surface area contributed by atoms with E-state index in [4.69, 9.17) is 4.74 Å². The van der Waals surface area contributed by atoms with Crippen molar-refractivity contribution in [1.29, 1.82) is 0 Å². The second-order valence-corrected chi connectivity index (χ2v) is 6.38. The molecule has 2 N–H and O–H groups in total. The van der Waals surface area contributed by atoms with Crippen LogP contribution in [0.5, 0.6) is 0 Å². The predicted octanol–water partition coefficient (Wildman–Crippen LogP) is 0.784. The summed E-state index contributed by atoms with van der Waals surface area (Å²) in [7, 11) is 1.69. The van der Waals surface area contributed by atoms with Crippen molar-refractivity contribution in [2.24, 2.45) is 5.41 Å². The molecule has 1 aliphatic heterocycles. The van der Waals surface area contributed by atoms with Gasteiger partial charge in [-0.05, 0) is 18.9 Å². The number of fused-ring (bicyclic) bond motifs is 1. The lowest BCUT2D eigenvalue weighted by Gasteiger charge is -2.38. The molecule has 0 radical (unpaired) electrons. The molecule has 1 fully saturated rings. The van der Waals surface area contributed by atoms with E-state index in [1.807, 2.05) is 0 Å². The molecule has 1 saturated heterocycles. The first-order chi connectivity index (χ1) is 11.6. The van der Waals surface area contributed by atoms with Crippen molar-refractivity contribution in [3.05, 3.63) is 40.3 Å². The standard InChI is InChI=1S/C17H21N3O4/c1-20(10-17(11-21)6-8-24-9-7-17)16(23)14-12-4-2-3-5-13(12)15(22)19-18-14/h2-5,21H,6-11H2,1H3,(H,19,22). The molecule has 128 valence electrons. The van der Waals surface area contributed by atoms with E-state index < -0.39 is 0 Å². The first-order valence-corrected chi connectivity index (χ1v) is 7.98. The topological polar surface area (TPSA) is 95.5 Å². The molecule has 1 aromatic heterocycles. The molecule has 7 heteroatoms. The lowest BCUT2D eigenvalue weighted by molar-refractivity contribution is -0.0283. The number of carbonyl (C=O) groups is 1. The normalized spacial score (nSPS) is 16.9. The second kappa shape index (κ2) is 6.70. The average molecular weight is 331 g/mol. The van der Waals surface area contributed by atoms with Gasteiger partial charge in [0.15, 0.2) is 5.69 Å². The lowest BCUT2D eigenvalue weighted by atomic mass is 9.80. The summed E-state index contributed by atoms with van der Waals surface area (Å²) in [5, 5.41) is 17.1. The quantitative estimate of drug-likeness (QED) is 0.863. The lowest BCUT2D eigenvalue weighted by Crippen LogP contribution is -2.44. The van der Waals surface area contributed by atoms with Gasteiger partial charge in [-0.25, -0.2) is 5.10 Å². The van der Waals surface area contributed by atoms with Crippen molar-refractivity contribution in [3.63, 3.8) is 0 Å². The number of hydrogen-bond donors (Lipinski definition) is 2. The minimum atomic E-state index is -0.347. The average Bonchev–Trinajstić information content (AvgIpc) is 2.62. The number of H-pyrrole nitrogens is 1. The maximum absolute atomic E-state index is 12.8. The van der Waals surface area contributed by atoms with Crippen LogP contribution in [0.15, 0.2) is 29.1 Å². The maximum Gasteiger partial charge on any atom is 0.274 e. The number of amides is 1. The number of benzene rings is 1. The highest BCUT2D eigenvalue weighted by Crippen LogP contribution is 2.31. The van der Waals surface area contributed by atoms with Gasteiger partial charge in [0.1, 0.15) is 0 Å². The van der Waals surface area contributed by atoms with E-state index in [-0.39, 0.29) is 29.2 Å². The molecule has 1 aromatic carbocycles. The summed E-state index contributed by atoms with van der Waals surface area (Å²) in [6.45, 7) is 1.60. The smallest absolute Gasteiger partial charge is 0.274 e. The summed E-state index contributed by atoms with van der Waals surface area (Å²) in [6, 6.07) is 6.90. The zero-order chi connectivity index (χ0) is 17.2. The zero-order valence-electron chi connectivity index (χ0n) is 13.6. The van der Waals surface area contributed by atoms with Gasteiger partial charge in [0.25, 0.3) is 11.5 Å². The summed E-state index contributed by atoms with van der Waals surface area (Å²) < 4.78 is 5.36. The number of ether oxygens (including phenoxy) is 1. The Labute approximate surface area is 139 Å². The van der Waals surface area contributed by atoms with Crippen molar-refractivity contribution >= 4 is 16.7 Å². The molecule has 0 aliphatic carbocycles. The highest BCUT2D eigenvalue weighted by molar-refractivity contribution is 6.04. The SMILES string of the molecule is CN(CC1(CO)CCOCC1)C(=O)c1n[nH]c(=O)c2ccccc12. The zero-order valence-corrected chi connectivity index (χ0v) is 13.6. The Morgan fingerprint density at radius 2 is 2.00 bits per heavy atom. The molecular weight excluding hydrogens is 310 g/mol. The number of rotatable bonds is 4. The van der Waals surface area contributed by atoms with Crippen LogP contribution in [0.3, 0.4) is 0 Å². The van der Waals surface area contributed by atoms with Gasteiger partial charge in [0.05, 0.1) is 12.0 Å². The molecule has 0 spiro atoms. The fourth-order valence-corrected chi connectivity index (χ4v) is 3.20. The van der Waals surface area contributed by atoms with Crippen LogP contribution in [-0.4, -0.2) is 59.5 Å². The summed E-state index contributed by atoms with van der Waals surface area (Å²) in [5.74, 6) is -0.276. The van der Waals surface area contributed by atoms with E-state index in [0.717, 1.165) is 0 Å². The summed E-state index contributed by atoms with van der Waals surface area (Å²) in [4.78, 5) is 26.2. The number of aromatic amines is 1. The van der Waals surface area contributed by atoms with Crippen LogP contribution in [0.2, 0.25) is 0 Å². The van der Waals surface area contributed by atoms with Crippen molar-refractivity contribution in [3.8, 4) is 0 Å². The molecule has 24 heavy (non-hydrogen) atoms. The molecule has 1 amide bonds. The molecule has 3 rings (SSSR count). The Morgan fingerprint density at radius 1 is 1.33 bits per heavy atom. The van der Waals surface area contributed by atoms with Gasteiger partial charge in [0, 0.05) is 37.6 Å². The van der Waals surface area contributed by atoms with Gasteiger partial charge in [-0.15, -0.1) is 0 Å². The van der Waals surface area contributed by atoms with E-state index >= 15 is 0 Å². The van der Waals surface area contributed by atoms with Crippen LogP contribution in [0.1, 0.15) is 23.3 Å². The summed E-state index contributed by atoms with van der Waals surface area (Å²) in [6.07, 6.45) is 1.42. The molecular formula is C17H21N3O4. The van der Waals surface area contributed by atoms with Crippen molar-refractivity contribution < 1.29 is 14.6 Å². The van der Waals surface area contributed by atoms with E-state index in [2.05, 4.69) is 10.2 Å². The maximum atomic E-state index is 12.8. The van der Waals surface area contributed by atoms with E-state index in [1.165, 1.54) is 0 Å². The Bertz CT molecular complexity index is 796. The molecule has 2 aromatic rings. The second-order valence-electron chi connectivity index (χ2n) is 6.38. The number of carbonyl (C=O) groups excluding carboxylic acids is 1. The summed E-state index contributed by atoms with van der Waals surface area (Å²) in [5.41, 5.74) is -0.449. The first kappa shape index (κ1) is 16.6. The number of aliphatic hydroxyl groups is 1. The van der Waals surface area contributed by atoms with Gasteiger partial charge in [-0.2, -0.15) is 5.10 Å². The van der Waals surface area contributed by atoms with E-state index in [1.54, 1.807) is 36.2 Å². The Hall–Kier alpha value is -2.25. The Morgan fingerprint density at radius 3 is 2.67 bits per heavy atom. The predicted molar refractivity (Wildman–Crippen MR) is 88.9 cm³/mol. The first-order valence-electron chi connectivity index (χ1n) is 7.98. The minimum absolute atomic E-state index is 0.00772. The van der Waals surface area contributed by atoms with E-state index in [0.29, 0.717) is 43.4 Å². The third-order valence-electron chi connectivity index (χ3n) is 4.71. The van der Waals surface area contributed by atoms with Crippen LogP contribution in [0, 0.1) is 5.41 Å². The van der Waals surface area contributed by atoms with Crippen molar-refractivity contribution in [2.75, 3.05) is 33.4 Å². The van der Waals surface area contributed by atoms with Crippen molar-refractivity contribution in [1.82, 2.24) is 15.1 Å². The number of nitrogens with one attached hydrogen (secondary N) is 1. The van der Waals surface area contributed by atoms with Crippen LogP contribution in [0.4, 0.5) is 0 Å². The Kier molecular flexibility index (Phi) is 4.64. The molecule has 0 unspecified atom stereocenters. The van der Waals surface area contributed by atoms with Crippen molar-refractivity contribution in [2.45, 2.75) is 12.8 Å². The van der Waals surface area contributed by atoms with E-state index in [9.17, 15) is 14.7 Å². The van der Waals surface area contributed by atoms with Gasteiger partial charge in [-0.1, -0.05) is 18.2 Å². The monoisotopic (exact) mass is 331 g/mol. The van der Waals surface area contributed by atoms with Crippen LogP contribution in [0.25, 0.3) is 10.8 Å². The van der Waals surface area contributed by atoms with Crippen LogP contribution in [-0.2, 0) is 4.74 Å². The van der Waals surface area contributed by atoms with Crippen LogP contribution < -0.4 is 5.56 Å². The van der Waals surface area contributed by atoms with Crippen LogP contribution >= 0.6 is 0 Å². The highest BCUT2D eigenvalue weighted by atomic mass is 16.5. The number of aliphatic hydroxyl groups excluding tert-OH is 1. The van der Waals surface area contributed by atoms with Gasteiger partial charge >= 0.3 is 0 Å². The molecule has 0 atom stereocenters. The third kappa shape index (κ3) is 3.05. The third-order valence-corrected chi connectivity index (χ3v) is 4.71. The van der Waals surface area contributed by atoms with Gasteiger partial charge in [0.2, 0.25) is 0 Å². The fourth-order valence-electron chi connectivity index (χ4n) is 3.20. The number of hydrogen-bond acceptors (Lipinski definition) is 5. The largest absolute Gasteiger partial charge is 0.396 e. The summed E-state index contributed by atoms with van der Waals surface area (Å²) >= 11 is 0. The number of aromatic nitrogens is 2. The van der Waals surface area contributed by atoms with Gasteiger partial charge in [-0.3, -0.25) is 9.59 Å². The highest BCUT2D eigenvalue weighted by Gasteiger charge is 2.35. The molecule has 1 aliphatic rings. The molecule has 2 heterocycles. The molecule has 0 bridgehead atoms. The molecule has 0 saturated carbocycles. The molecule has 7 nitrogen and oxygen atoms in total. The number of nitrogens with zero attached hydrogens (tertiary/aromatic N) is 2. The fraction of sp³-hybridized carbons (Fsp3) is 0.471. The van der Waals surface area contributed by atoms with Gasteiger partial charge < -0.3 is 14.7 Å². The minimum Gasteiger partial charge on any atom is -0.396 e. The Balaban J connectivity index is 1.89.